The number of imidazole rings is 1. The number of nitrogens with zero attached hydrogens (tertiary/aromatic N) is 1. The molecule has 1 atom stereocenters. The number of aromatic carboxylic acids is 1. The minimum absolute atomic E-state index is 0.000140. The SMILES string of the molecule is Cc1nc2cc(C(=O)NCC(C(=O)Nc3cc(C(=O)OCc4ccccc4)cc(C(=O)OCc4ccccc4)c3)c3ccccc3)c(C(=O)O)cc2[nH]1. The molecule has 12 heteroatoms. The van der Waals surface area contributed by atoms with Gasteiger partial charge in [-0.2, -0.15) is 0 Å². The zero-order valence-corrected chi connectivity index (χ0v) is 28.5. The predicted octanol–water partition coefficient (Wildman–Crippen LogP) is 6.44. The third kappa shape index (κ3) is 8.99. The molecule has 0 aliphatic rings. The molecule has 5 aromatic carbocycles. The quantitative estimate of drug-likeness (QED) is 0.0983. The van der Waals surface area contributed by atoms with E-state index in [1.807, 2.05) is 36.4 Å². The van der Waals surface area contributed by atoms with Gasteiger partial charge in [0.2, 0.25) is 5.91 Å². The van der Waals surface area contributed by atoms with Gasteiger partial charge >= 0.3 is 17.9 Å². The molecule has 0 aliphatic carbocycles. The molecule has 0 fully saturated rings. The molecule has 0 bridgehead atoms. The van der Waals surface area contributed by atoms with Crippen molar-refractivity contribution in [1.82, 2.24) is 15.3 Å². The van der Waals surface area contributed by atoms with E-state index in [9.17, 15) is 29.1 Å². The van der Waals surface area contributed by atoms with E-state index in [0.717, 1.165) is 11.1 Å². The second-order valence-electron chi connectivity index (χ2n) is 12.1. The summed E-state index contributed by atoms with van der Waals surface area (Å²) in [6.07, 6.45) is 0. The van der Waals surface area contributed by atoms with E-state index in [-0.39, 0.29) is 47.7 Å². The van der Waals surface area contributed by atoms with Crippen LogP contribution in [0.15, 0.2) is 121 Å². The van der Waals surface area contributed by atoms with Crippen LogP contribution in [0.5, 0.6) is 0 Å². The topological polar surface area (TPSA) is 177 Å². The number of aryl methyl sites for hydroxylation is 1. The number of amides is 2. The second-order valence-corrected chi connectivity index (χ2v) is 12.1. The van der Waals surface area contributed by atoms with Gasteiger partial charge in [-0.05, 0) is 53.9 Å². The van der Waals surface area contributed by atoms with Crippen molar-refractivity contribution in [2.24, 2.45) is 0 Å². The molecule has 0 radical (unpaired) electrons. The Morgan fingerprint density at radius 2 is 1.26 bits per heavy atom. The van der Waals surface area contributed by atoms with Crippen molar-refractivity contribution in [3.05, 3.63) is 166 Å². The lowest BCUT2D eigenvalue weighted by molar-refractivity contribution is -0.117. The summed E-state index contributed by atoms with van der Waals surface area (Å²) in [4.78, 5) is 73.3. The van der Waals surface area contributed by atoms with Crippen molar-refractivity contribution in [2.75, 3.05) is 11.9 Å². The van der Waals surface area contributed by atoms with E-state index in [2.05, 4.69) is 20.6 Å². The van der Waals surface area contributed by atoms with Crippen molar-refractivity contribution in [2.45, 2.75) is 26.1 Å². The minimum atomic E-state index is -1.30. The molecule has 6 aromatic rings. The first-order valence-corrected chi connectivity index (χ1v) is 16.6. The second kappa shape index (κ2) is 16.3. The van der Waals surface area contributed by atoms with Gasteiger partial charge in [-0.15, -0.1) is 0 Å². The summed E-state index contributed by atoms with van der Waals surface area (Å²) in [5, 5.41) is 15.3. The van der Waals surface area contributed by atoms with Gasteiger partial charge in [0.25, 0.3) is 5.91 Å². The Bertz CT molecular complexity index is 2220. The highest BCUT2D eigenvalue weighted by Crippen LogP contribution is 2.24. The highest BCUT2D eigenvalue weighted by Gasteiger charge is 2.25. The average Bonchev–Trinajstić information content (AvgIpc) is 3.55. The molecule has 1 aromatic heterocycles. The van der Waals surface area contributed by atoms with Crippen LogP contribution in [-0.2, 0) is 27.5 Å². The number of ether oxygens (including phenoxy) is 2. The number of anilines is 1. The average molecular weight is 711 g/mol. The van der Waals surface area contributed by atoms with Crippen LogP contribution >= 0.6 is 0 Å². The fraction of sp³-hybridized carbons (Fsp3) is 0.122. The van der Waals surface area contributed by atoms with Gasteiger partial charge in [0.1, 0.15) is 19.0 Å². The van der Waals surface area contributed by atoms with E-state index in [0.29, 0.717) is 22.4 Å². The molecule has 2 amide bonds. The normalized spacial score (nSPS) is 11.3. The lowest BCUT2D eigenvalue weighted by Gasteiger charge is -2.19. The van der Waals surface area contributed by atoms with Gasteiger partial charge in [0.05, 0.1) is 39.2 Å². The Morgan fingerprint density at radius 3 is 1.81 bits per heavy atom. The Hall–Kier alpha value is -7.08. The Labute approximate surface area is 303 Å². The number of H-pyrrole nitrogens is 1. The van der Waals surface area contributed by atoms with Crippen molar-refractivity contribution in [1.29, 1.82) is 0 Å². The summed E-state index contributed by atoms with van der Waals surface area (Å²) >= 11 is 0. The summed E-state index contributed by atoms with van der Waals surface area (Å²) in [6.45, 7) is 1.45. The zero-order valence-electron chi connectivity index (χ0n) is 28.5. The third-order valence-electron chi connectivity index (χ3n) is 8.30. The van der Waals surface area contributed by atoms with Crippen LogP contribution in [-0.4, -0.2) is 51.3 Å². The number of esters is 2. The van der Waals surface area contributed by atoms with Gasteiger partial charge in [-0.25, -0.2) is 19.4 Å². The number of aromatic nitrogens is 2. The molecule has 6 rings (SSSR count). The molecule has 0 saturated carbocycles. The molecule has 0 spiro atoms. The number of carboxylic acid groups (broad SMARTS) is 1. The molecule has 1 unspecified atom stereocenters. The Morgan fingerprint density at radius 1 is 0.717 bits per heavy atom. The highest BCUT2D eigenvalue weighted by atomic mass is 16.5. The first-order chi connectivity index (χ1) is 25.6. The molecule has 12 nitrogen and oxygen atoms in total. The van der Waals surface area contributed by atoms with Crippen LogP contribution in [0.25, 0.3) is 11.0 Å². The van der Waals surface area contributed by atoms with Gasteiger partial charge in [0.15, 0.2) is 0 Å². The number of carbonyl (C=O) groups is 5. The maximum Gasteiger partial charge on any atom is 0.338 e. The van der Waals surface area contributed by atoms with Crippen molar-refractivity contribution < 1.29 is 38.6 Å². The first kappa shape index (κ1) is 35.7. The predicted molar refractivity (Wildman–Crippen MR) is 196 cm³/mol. The molecular formula is C41H34N4O8. The smallest absolute Gasteiger partial charge is 0.338 e. The first-order valence-electron chi connectivity index (χ1n) is 16.6. The van der Waals surface area contributed by atoms with Crippen molar-refractivity contribution in [3.8, 4) is 0 Å². The van der Waals surface area contributed by atoms with Gasteiger partial charge < -0.3 is 30.2 Å². The molecule has 1 heterocycles. The van der Waals surface area contributed by atoms with Crippen molar-refractivity contribution >= 4 is 46.4 Å². The fourth-order valence-electron chi connectivity index (χ4n) is 5.66. The largest absolute Gasteiger partial charge is 0.478 e. The van der Waals surface area contributed by atoms with Crippen LogP contribution in [0.1, 0.15) is 69.9 Å². The Kier molecular flexibility index (Phi) is 11.0. The third-order valence-corrected chi connectivity index (χ3v) is 8.30. The number of carboxylic acids is 1. The number of rotatable bonds is 13. The number of benzene rings is 5. The maximum absolute atomic E-state index is 14.0. The Balaban J connectivity index is 1.25. The molecule has 4 N–H and O–H groups in total. The summed E-state index contributed by atoms with van der Waals surface area (Å²) in [5.74, 6) is -4.48. The number of carbonyl (C=O) groups excluding carboxylic acids is 4. The van der Waals surface area contributed by atoms with Crippen LogP contribution in [0, 0.1) is 6.92 Å². The summed E-state index contributed by atoms with van der Waals surface area (Å²) in [7, 11) is 0. The number of fused-ring (bicyclic) bond motifs is 1. The number of nitrogens with one attached hydrogen (secondary N) is 3. The van der Waals surface area contributed by atoms with Crippen LogP contribution in [0.2, 0.25) is 0 Å². The lowest BCUT2D eigenvalue weighted by Crippen LogP contribution is -2.35. The van der Waals surface area contributed by atoms with Crippen LogP contribution in [0.4, 0.5) is 5.69 Å². The fourth-order valence-corrected chi connectivity index (χ4v) is 5.66. The molecule has 0 aliphatic heterocycles. The minimum Gasteiger partial charge on any atom is -0.478 e. The monoisotopic (exact) mass is 710 g/mol. The van der Waals surface area contributed by atoms with Crippen LogP contribution in [0.3, 0.4) is 0 Å². The van der Waals surface area contributed by atoms with E-state index >= 15 is 0 Å². The van der Waals surface area contributed by atoms with Crippen LogP contribution < -0.4 is 10.6 Å². The van der Waals surface area contributed by atoms with Gasteiger partial charge in [-0.3, -0.25) is 9.59 Å². The van der Waals surface area contributed by atoms with E-state index in [1.165, 1.54) is 30.3 Å². The van der Waals surface area contributed by atoms with E-state index in [1.54, 1.807) is 61.5 Å². The van der Waals surface area contributed by atoms with Crippen molar-refractivity contribution in [3.63, 3.8) is 0 Å². The maximum atomic E-state index is 14.0. The summed E-state index contributed by atoms with van der Waals surface area (Å²) in [5.41, 5.74) is 2.69. The number of aromatic amines is 1. The van der Waals surface area contributed by atoms with E-state index in [4.69, 9.17) is 9.47 Å². The number of hydrogen-bond acceptors (Lipinski definition) is 8. The lowest BCUT2D eigenvalue weighted by atomic mass is 9.97. The summed E-state index contributed by atoms with van der Waals surface area (Å²) < 4.78 is 11.0. The highest BCUT2D eigenvalue weighted by molar-refractivity contribution is 6.08. The molecule has 266 valence electrons. The number of hydrogen-bond donors (Lipinski definition) is 4. The molecular weight excluding hydrogens is 676 g/mol. The van der Waals surface area contributed by atoms with E-state index < -0.39 is 35.6 Å². The van der Waals surface area contributed by atoms with Gasteiger partial charge in [0, 0.05) is 12.2 Å². The molecule has 0 saturated heterocycles. The summed E-state index contributed by atoms with van der Waals surface area (Å²) in [6, 6.07) is 33.7. The van der Waals surface area contributed by atoms with Gasteiger partial charge in [-0.1, -0.05) is 91.0 Å². The molecule has 53 heavy (non-hydrogen) atoms. The standard InChI is InChI=1S/C41H34N4O8/c1-25-43-35-20-32(33(39(48)49)21-36(35)44-25)37(46)42-22-34(28-15-9-4-10-16-28)38(47)45-31-18-29(40(50)52-23-26-11-5-2-6-12-26)17-30(19-31)41(51)53-24-27-13-7-3-8-14-27/h2-21,34H,22-24H2,1H3,(H,42,46)(H,43,44)(H,45,47)(H,48,49). The zero-order chi connectivity index (χ0) is 37.3.